The largest absolute Gasteiger partial charge is 0.478 e. The molecule has 1 aliphatic heterocycles. The van der Waals surface area contributed by atoms with E-state index in [1.807, 2.05) is 26.8 Å². The Hall–Kier alpha value is -1.90. The van der Waals surface area contributed by atoms with E-state index in [1.165, 1.54) is 6.92 Å². The molecule has 0 aliphatic carbocycles. The maximum absolute atomic E-state index is 11.4. The molecule has 1 unspecified atom stereocenters. The average molecular weight is 382 g/mol. The Morgan fingerprint density at radius 3 is 2.76 bits per heavy atom. The van der Waals surface area contributed by atoms with Crippen molar-refractivity contribution in [2.75, 3.05) is 6.61 Å². The second kappa shape index (κ2) is 7.99. The molecule has 1 atom stereocenters. The van der Waals surface area contributed by atoms with E-state index in [0.29, 0.717) is 15.8 Å². The van der Waals surface area contributed by atoms with Crippen LogP contribution in [0, 0.1) is 18.3 Å². The first-order valence-corrected chi connectivity index (χ1v) is 8.98. The molecule has 0 spiro atoms. The molecular weight excluding hydrogens is 361 g/mol. The molecule has 0 fully saturated rings. The smallest absolute Gasteiger partial charge is 0.217 e. The molecule has 7 heteroatoms. The molecule has 1 aliphatic rings. The fraction of sp³-hybridized carbons (Fsp3) is 0.444. The summed E-state index contributed by atoms with van der Waals surface area (Å²) in [6, 6.07) is 3.54. The monoisotopic (exact) mass is 381 g/mol. The molecule has 1 aromatic carbocycles. The number of aromatic nitrogens is 1. The zero-order chi connectivity index (χ0) is 18.7. The number of nitriles is 1. The molecule has 5 nitrogen and oxygen atoms in total. The van der Waals surface area contributed by atoms with Crippen LogP contribution in [0.3, 0.4) is 0 Å². The quantitative estimate of drug-likeness (QED) is 0.832. The molecule has 1 amide bonds. The number of hydrogen-bond donors (Lipinski definition) is 1. The summed E-state index contributed by atoms with van der Waals surface area (Å²) in [5.74, 6) is 0.468. The lowest BCUT2D eigenvalue weighted by Crippen LogP contribution is -2.24. The van der Waals surface area contributed by atoms with Crippen LogP contribution in [0.5, 0.6) is 5.75 Å². The van der Waals surface area contributed by atoms with Gasteiger partial charge >= 0.3 is 0 Å². The van der Waals surface area contributed by atoms with Gasteiger partial charge in [-0.2, -0.15) is 5.26 Å². The van der Waals surface area contributed by atoms with Crippen LogP contribution < -0.4 is 10.1 Å². The zero-order valence-corrected chi connectivity index (χ0v) is 16.3. The molecule has 0 saturated heterocycles. The SMILES string of the molecule is CC.CC(=O)NC1CCn2c1c(C)c1c(OCC#N)cc(Cl)c(Cl)c12. The molecule has 0 saturated carbocycles. The number of carbonyl (C=O) groups excluding carboxylic acids is 1. The summed E-state index contributed by atoms with van der Waals surface area (Å²) in [6.07, 6.45) is 0.808. The number of hydrogen-bond acceptors (Lipinski definition) is 3. The van der Waals surface area contributed by atoms with E-state index < -0.39 is 0 Å². The highest BCUT2D eigenvalue weighted by atomic mass is 35.5. The van der Waals surface area contributed by atoms with Gasteiger partial charge in [-0.25, -0.2) is 0 Å². The van der Waals surface area contributed by atoms with E-state index in [2.05, 4.69) is 9.88 Å². The van der Waals surface area contributed by atoms with E-state index in [-0.39, 0.29) is 18.6 Å². The van der Waals surface area contributed by atoms with Gasteiger partial charge in [0, 0.05) is 30.6 Å². The van der Waals surface area contributed by atoms with Gasteiger partial charge in [-0.15, -0.1) is 0 Å². The number of amides is 1. The van der Waals surface area contributed by atoms with E-state index in [4.69, 9.17) is 33.2 Å². The normalized spacial score (nSPS) is 15.2. The van der Waals surface area contributed by atoms with Gasteiger partial charge in [0.2, 0.25) is 5.91 Å². The Morgan fingerprint density at radius 2 is 2.16 bits per heavy atom. The second-order valence-electron chi connectivity index (χ2n) is 5.54. The van der Waals surface area contributed by atoms with Gasteiger partial charge in [0.1, 0.15) is 11.8 Å². The van der Waals surface area contributed by atoms with Crippen molar-refractivity contribution in [1.82, 2.24) is 9.88 Å². The molecule has 1 aromatic heterocycles. The number of nitrogens with one attached hydrogen (secondary N) is 1. The highest BCUT2D eigenvalue weighted by Gasteiger charge is 2.31. The first kappa shape index (κ1) is 19.4. The van der Waals surface area contributed by atoms with Crippen LogP contribution in [-0.2, 0) is 11.3 Å². The van der Waals surface area contributed by atoms with Crippen molar-refractivity contribution in [2.24, 2.45) is 0 Å². The standard InChI is InChI=1S/C16H15Cl2N3O2.C2H6/c1-8-13-12(23-6-4-19)7-10(17)14(18)16(13)21-5-3-11(15(8)21)20-9(2)22;1-2/h7,11H,3,5-6H2,1-2H3,(H,20,22);1-2H3. The summed E-state index contributed by atoms with van der Waals surface area (Å²) in [6.45, 7) is 8.15. The lowest BCUT2D eigenvalue weighted by Gasteiger charge is -2.12. The number of benzene rings is 1. The summed E-state index contributed by atoms with van der Waals surface area (Å²) in [5.41, 5.74) is 2.80. The van der Waals surface area contributed by atoms with Crippen LogP contribution in [-0.4, -0.2) is 17.1 Å². The third-order valence-corrected chi connectivity index (χ3v) is 4.90. The van der Waals surface area contributed by atoms with Crippen molar-refractivity contribution >= 4 is 40.0 Å². The minimum atomic E-state index is -0.0711. The van der Waals surface area contributed by atoms with Crippen molar-refractivity contribution in [1.29, 1.82) is 5.26 Å². The van der Waals surface area contributed by atoms with Crippen molar-refractivity contribution in [3.05, 3.63) is 27.4 Å². The van der Waals surface area contributed by atoms with Gasteiger partial charge in [-0.3, -0.25) is 4.79 Å². The van der Waals surface area contributed by atoms with Gasteiger partial charge in [-0.05, 0) is 18.9 Å². The first-order chi connectivity index (χ1) is 12.0. The Bertz CT molecular complexity index is 853. The number of rotatable bonds is 3. The van der Waals surface area contributed by atoms with Crippen LogP contribution in [0.4, 0.5) is 0 Å². The highest BCUT2D eigenvalue weighted by Crippen LogP contribution is 2.45. The predicted molar refractivity (Wildman–Crippen MR) is 100 cm³/mol. The summed E-state index contributed by atoms with van der Waals surface area (Å²) >= 11 is 12.6. The molecule has 134 valence electrons. The molecular formula is C18H21Cl2N3O2. The third-order valence-electron chi connectivity index (χ3n) is 4.12. The average Bonchev–Trinajstić information content (AvgIpc) is 3.11. The van der Waals surface area contributed by atoms with Crippen molar-refractivity contribution in [3.8, 4) is 11.8 Å². The van der Waals surface area contributed by atoms with E-state index in [0.717, 1.165) is 35.1 Å². The van der Waals surface area contributed by atoms with Crippen molar-refractivity contribution in [2.45, 2.75) is 46.7 Å². The summed E-state index contributed by atoms with van der Waals surface area (Å²) in [5, 5.41) is 13.4. The highest BCUT2D eigenvalue weighted by molar-refractivity contribution is 6.45. The topological polar surface area (TPSA) is 67.1 Å². The van der Waals surface area contributed by atoms with E-state index >= 15 is 0 Å². The first-order valence-electron chi connectivity index (χ1n) is 8.23. The minimum Gasteiger partial charge on any atom is -0.478 e. The van der Waals surface area contributed by atoms with Gasteiger partial charge in [0.25, 0.3) is 0 Å². The predicted octanol–water partition coefficient (Wildman–Crippen LogP) is 4.77. The summed E-state index contributed by atoms with van der Waals surface area (Å²) in [7, 11) is 0. The van der Waals surface area contributed by atoms with Crippen molar-refractivity contribution in [3.63, 3.8) is 0 Å². The van der Waals surface area contributed by atoms with Gasteiger partial charge in [-0.1, -0.05) is 37.0 Å². The third kappa shape index (κ3) is 3.42. The number of aryl methyl sites for hydroxylation is 2. The summed E-state index contributed by atoms with van der Waals surface area (Å²) < 4.78 is 7.62. The number of nitrogens with zero attached hydrogens (tertiary/aromatic N) is 2. The van der Waals surface area contributed by atoms with Crippen LogP contribution in [0.15, 0.2) is 6.07 Å². The summed E-state index contributed by atoms with van der Waals surface area (Å²) in [4.78, 5) is 11.4. The Morgan fingerprint density at radius 1 is 1.48 bits per heavy atom. The van der Waals surface area contributed by atoms with Crippen LogP contribution >= 0.6 is 23.2 Å². The molecule has 3 rings (SSSR count). The molecule has 1 N–H and O–H groups in total. The maximum Gasteiger partial charge on any atom is 0.217 e. The molecule has 2 heterocycles. The molecule has 25 heavy (non-hydrogen) atoms. The number of fused-ring (bicyclic) bond motifs is 3. The lowest BCUT2D eigenvalue weighted by molar-refractivity contribution is -0.119. The number of halogens is 2. The lowest BCUT2D eigenvalue weighted by atomic mass is 10.1. The Kier molecular flexibility index (Phi) is 6.21. The minimum absolute atomic E-state index is 0.0569. The zero-order valence-electron chi connectivity index (χ0n) is 14.7. The Labute approximate surface area is 157 Å². The van der Waals surface area contributed by atoms with Crippen LogP contribution in [0.25, 0.3) is 10.9 Å². The fourth-order valence-electron chi connectivity index (χ4n) is 3.34. The molecule has 0 radical (unpaired) electrons. The second-order valence-corrected chi connectivity index (χ2v) is 6.33. The fourth-order valence-corrected chi connectivity index (χ4v) is 3.78. The van der Waals surface area contributed by atoms with Gasteiger partial charge < -0.3 is 14.6 Å². The van der Waals surface area contributed by atoms with Crippen molar-refractivity contribution < 1.29 is 9.53 Å². The number of carbonyl (C=O) groups is 1. The van der Waals surface area contributed by atoms with Gasteiger partial charge in [0.15, 0.2) is 6.61 Å². The van der Waals surface area contributed by atoms with Gasteiger partial charge in [0.05, 0.1) is 21.6 Å². The molecule has 0 bridgehead atoms. The maximum atomic E-state index is 11.4. The number of ether oxygens (including phenoxy) is 1. The van der Waals surface area contributed by atoms with E-state index in [9.17, 15) is 4.79 Å². The van der Waals surface area contributed by atoms with E-state index in [1.54, 1.807) is 6.07 Å². The molecule has 2 aromatic rings. The van der Waals surface area contributed by atoms with Crippen LogP contribution in [0.2, 0.25) is 10.0 Å². The Balaban J connectivity index is 0.00000109. The van der Waals surface area contributed by atoms with Crippen LogP contribution in [0.1, 0.15) is 44.5 Å².